The van der Waals surface area contributed by atoms with Gasteiger partial charge in [-0.2, -0.15) is 0 Å². The Bertz CT molecular complexity index is 435. The van der Waals surface area contributed by atoms with E-state index in [0.29, 0.717) is 12.4 Å². The molecule has 5 heteroatoms. The first-order valence-corrected chi connectivity index (χ1v) is 6.79. The van der Waals surface area contributed by atoms with E-state index in [2.05, 4.69) is 5.32 Å². The largest absolute Gasteiger partial charge is 0.361 e. The van der Waals surface area contributed by atoms with Crippen molar-refractivity contribution < 1.29 is 13.7 Å². The Morgan fingerprint density at radius 2 is 2.18 bits per heavy atom. The topological polar surface area (TPSA) is 55.4 Å². The van der Waals surface area contributed by atoms with Crippen molar-refractivity contribution in [3.8, 4) is 0 Å². The number of hydrogen-bond acceptors (Lipinski definition) is 3. The van der Waals surface area contributed by atoms with E-state index in [4.69, 9.17) is 4.74 Å². The summed E-state index contributed by atoms with van der Waals surface area (Å²) in [6, 6.07) is 9.20. The number of ether oxygens (including phenoxy) is 1. The minimum absolute atomic E-state index is 0.120. The molecule has 1 aromatic carbocycles. The molecule has 1 aliphatic heterocycles. The Balaban J connectivity index is 1.96. The Morgan fingerprint density at radius 3 is 2.76 bits per heavy atom. The molecule has 0 saturated carbocycles. The molecule has 1 N–H and O–H groups in total. The normalized spacial score (nSPS) is 27.9. The number of benzene rings is 1. The van der Waals surface area contributed by atoms with Crippen LogP contribution in [0, 0.1) is 0 Å². The van der Waals surface area contributed by atoms with E-state index in [1.54, 1.807) is 6.92 Å². The van der Waals surface area contributed by atoms with Crippen molar-refractivity contribution in [2.24, 2.45) is 0 Å². The second kappa shape index (κ2) is 4.98. The number of carbonyl (C=O) groups excluding carboxylic acids is 1. The molecule has 0 aromatic heterocycles. The van der Waals surface area contributed by atoms with Crippen LogP contribution in [0.25, 0.3) is 0 Å². The van der Waals surface area contributed by atoms with Crippen LogP contribution in [0.4, 0.5) is 5.69 Å². The van der Waals surface area contributed by atoms with Gasteiger partial charge < -0.3 is 10.1 Å². The predicted octanol–water partition coefficient (Wildman–Crippen LogP) is 1.51. The molecular formula is C12H15NO3S. The number of carbonyl (C=O) groups is 1. The quantitative estimate of drug-likeness (QED) is 0.888. The number of hydrogen-bond donors (Lipinski definition) is 1. The van der Waals surface area contributed by atoms with Crippen LogP contribution in [0.5, 0.6) is 0 Å². The van der Waals surface area contributed by atoms with Gasteiger partial charge in [-0.3, -0.25) is 9.00 Å². The van der Waals surface area contributed by atoms with Gasteiger partial charge in [0.05, 0.1) is 23.8 Å². The second-order valence-corrected chi connectivity index (χ2v) is 6.09. The van der Waals surface area contributed by atoms with E-state index in [1.165, 1.54) is 0 Å². The van der Waals surface area contributed by atoms with Crippen molar-refractivity contribution in [1.82, 2.24) is 0 Å². The van der Waals surface area contributed by atoms with Crippen LogP contribution in [0.1, 0.15) is 13.3 Å². The molecule has 1 heterocycles. The first kappa shape index (κ1) is 12.3. The maximum atomic E-state index is 11.8. The Kier molecular flexibility index (Phi) is 3.59. The van der Waals surface area contributed by atoms with Gasteiger partial charge in [0.2, 0.25) is 5.91 Å². The van der Waals surface area contributed by atoms with E-state index in [9.17, 15) is 9.00 Å². The van der Waals surface area contributed by atoms with Crippen LogP contribution < -0.4 is 5.32 Å². The fourth-order valence-electron chi connectivity index (χ4n) is 1.76. The highest BCUT2D eigenvalue weighted by Gasteiger charge is 2.39. The predicted molar refractivity (Wildman–Crippen MR) is 67.1 cm³/mol. The maximum Gasteiger partial charge on any atom is 0.228 e. The SMILES string of the molecule is CC1(CC(=O)Nc2ccccc2)OCC[S@]1=O. The van der Waals surface area contributed by atoms with E-state index >= 15 is 0 Å². The van der Waals surface area contributed by atoms with Crippen LogP contribution in [-0.4, -0.2) is 27.4 Å². The number of anilines is 1. The first-order valence-electron chi connectivity index (χ1n) is 5.47. The van der Waals surface area contributed by atoms with E-state index in [0.717, 1.165) is 5.69 Å². The molecule has 0 bridgehead atoms. The summed E-state index contributed by atoms with van der Waals surface area (Å²) in [5, 5.41) is 2.76. The van der Waals surface area contributed by atoms with Crippen LogP contribution in [0.2, 0.25) is 0 Å². The zero-order valence-electron chi connectivity index (χ0n) is 9.64. The first-order chi connectivity index (χ1) is 8.10. The number of amides is 1. The van der Waals surface area contributed by atoms with E-state index < -0.39 is 15.7 Å². The maximum absolute atomic E-state index is 11.8. The molecule has 4 nitrogen and oxygen atoms in total. The minimum Gasteiger partial charge on any atom is -0.361 e. The molecule has 0 aliphatic carbocycles. The third-order valence-electron chi connectivity index (χ3n) is 2.70. The molecule has 0 spiro atoms. The van der Waals surface area contributed by atoms with Crippen molar-refractivity contribution in [2.45, 2.75) is 18.3 Å². The molecule has 1 aliphatic rings. The molecular weight excluding hydrogens is 238 g/mol. The molecule has 2 atom stereocenters. The standard InChI is InChI=1S/C12H15NO3S/c1-12(16-7-8-17(12)15)9-11(14)13-10-5-3-2-4-6-10/h2-6H,7-9H2,1H3,(H,13,14)/t12?,17-/m1/s1. The summed E-state index contributed by atoms with van der Waals surface area (Å²) in [4.78, 5) is 11.0. The zero-order chi connectivity index (χ0) is 12.3. The van der Waals surface area contributed by atoms with Gasteiger partial charge >= 0.3 is 0 Å². The van der Waals surface area contributed by atoms with Gasteiger partial charge in [0, 0.05) is 11.4 Å². The summed E-state index contributed by atoms with van der Waals surface area (Å²) >= 11 is 0. The van der Waals surface area contributed by atoms with Crippen LogP contribution in [0.15, 0.2) is 30.3 Å². The summed E-state index contributed by atoms with van der Waals surface area (Å²) in [5.41, 5.74) is 0.741. The minimum atomic E-state index is -1.09. The third kappa shape index (κ3) is 2.92. The third-order valence-corrected chi connectivity index (χ3v) is 4.46. The molecule has 1 fully saturated rings. The summed E-state index contributed by atoms with van der Waals surface area (Å²) in [6.45, 7) is 2.18. The smallest absolute Gasteiger partial charge is 0.228 e. The lowest BCUT2D eigenvalue weighted by Crippen LogP contribution is -2.33. The second-order valence-electron chi connectivity index (χ2n) is 4.12. The highest BCUT2D eigenvalue weighted by molar-refractivity contribution is 7.86. The highest BCUT2D eigenvalue weighted by Crippen LogP contribution is 2.26. The molecule has 0 radical (unpaired) electrons. The van der Waals surface area contributed by atoms with Crippen molar-refractivity contribution in [2.75, 3.05) is 17.7 Å². The van der Waals surface area contributed by atoms with E-state index in [-0.39, 0.29) is 12.3 Å². The van der Waals surface area contributed by atoms with Gasteiger partial charge in [-0.15, -0.1) is 0 Å². The van der Waals surface area contributed by atoms with Crippen LogP contribution in [-0.2, 0) is 20.3 Å². The van der Waals surface area contributed by atoms with Crippen molar-refractivity contribution >= 4 is 22.4 Å². The molecule has 92 valence electrons. The molecule has 1 amide bonds. The van der Waals surface area contributed by atoms with Crippen molar-refractivity contribution in [3.05, 3.63) is 30.3 Å². The number of nitrogens with one attached hydrogen (secondary N) is 1. The average Bonchev–Trinajstić information content (AvgIpc) is 2.60. The fourth-order valence-corrected chi connectivity index (χ4v) is 2.94. The molecule has 2 rings (SSSR count). The van der Waals surface area contributed by atoms with E-state index in [1.807, 2.05) is 30.3 Å². The summed E-state index contributed by atoms with van der Waals surface area (Å²) < 4.78 is 17.1. The van der Waals surface area contributed by atoms with Crippen molar-refractivity contribution in [1.29, 1.82) is 0 Å². The van der Waals surface area contributed by atoms with Crippen molar-refractivity contribution in [3.63, 3.8) is 0 Å². The van der Waals surface area contributed by atoms with Gasteiger partial charge in [0.15, 0.2) is 0 Å². The molecule has 1 aromatic rings. The van der Waals surface area contributed by atoms with Gasteiger partial charge in [0.1, 0.15) is 4.93 Å². The Labute approximate surface area is 103 Å². The lowest BCUT2D eigenvalue weighted by atomic mass is 10.2. The van der Waals surface area contributed by atoms with Gasteiger partial charge in [-0.25, -0.2) is 0 Å². The summed E-state index contributed by atoms with van der Waals surface area (Å²) in [6.07, 6.45) is 0.120. The average molecular weight is 253 g/mol. The highest BCUT2D eigenvalue weighted by atomic mass is 32.2. The van der Waals surface area contributed by atoms with Gasteiger partial charge in [-0.05, 0) is 19.1 Å². The lowest BCUT2D eigenvalue weighted by molar-refractivity contribution is -0.119. The monoisotopic (exact) mass is 253 g/mol. The molecule has 1 unspecified atom stereocenters. The number of rotatable bonds is 3. The van der Waals surface area contributed by atoms with Gasteiger partial charge in [0.25, 0.3) is 0 Å². The molecule has 1 saturated heterocycles. The molecule has 17 heavy (non-hydrogen) atoms. The van der Waals surface area contributed by atoms with Gasteiger partial charge in [-0.1, -0.05) is 18.2 Å². The number of para-hydroxylation sites is 1. The summed E-state index contributed by atoms with van der Waals surface area (Å²) in [7, 11) is -1.09. The fraction of sp³-hybridized carbons (Fsp3) is 0.417. The lowest BCUT2D eigenvalue weighted by Gasteiger charge is -2.20. The Morgan fingerprint density at radius 1 is 1.47 bits per heavy atom. The Hall–Kier alpha value is -1.20. The van der Waals surface area contributed by atoms with Crippen LogP contribution in [0.3, 0.4) is 0 Å². The van der Waals surface area contributed by atoms with Crippen LogP contribution >= 0.6 is 0 Å². The summed E-state index contributed by atoms with van der Waals surface area (Å²) in [5.74, 6) is 0.337. The zero-order valence-corrected chi connectivity index (χ0v) is 10.5.